The van der Waals surface area contributed by atoms with Crippen LogP contribution in [-0.4, -0.2) is 36.3 Å². The van der Waals surface area contributed by atoms with Crippen molar-refractivity contribution in [1.82, 2.24) is 4.90 Å². The van der Waals surface area contributed by atoms with Crippen LogP contribution in [0.15, 0.2) is 52.3 Å². The number of aliphatic hydroxyl groups excluding tert-OH is 1. The SMILES string of the molecule is CN(Cc1cc2ccccc2o1)CC(O)COCc1cccs1. The molecule has 0 aliphatic carbocycles. The Kier molecular flexibility index (Phi) is 5.46. The van der Waals surface area contributed by atoms with Crippen LogP contribution in [0, 0.1) is 0 Å². The number of furan rings is 1. The van der Waals surface area contributed by atoms with Crippen molar-refractivity contribution in [2.45, 2.75) is 19.3 Å². The molecule has 1 unspecified atom stereocenters. The second-order valence-electron chi connectivity index (χ2n) is 5.70. The molecule has 3 aromatic rings. The number of fused-ring (bicyclic) bond motifs is 1. The molecule has 0 aliphatic heterocycles. The molecule has 0 spiro atoms. The lowest BCUT2D eigenvalue weighted by molar-refractivity contribution is 0.0128. The van der Waals surface area contributed by atoms with Gasteiger partial charge in [-0.2, -0.15) is 0 Å². The standard InChI is InChI=1S/C18H21NO3S/c1-19(10-15(20)12-21-13-17-6-4-8-23-17)11-16-9-14-5-2-3-7-18(14)22-16/h2-9,15,20H,10-13H2,1H3. The van der Waals surface area contributed by atoms with Crippen molar-refractivity contribution < 1.29 is 14.3 Å². The first kappa shape index (κ1) is 16.2. The Morgan fingerprint density at radius 3 is 2.91 bits per heavy atom. The fourth-order valence-electron chi connectivity index (χ4n) is 2.55. The Labute approximate surface area is 139 Å². The molecule has 4 nitrogen and oxygen atoms in total. The Hall–Kier alpha value is -1.66. The first-order valence-corrected chi connectivity index (χ1v) is 8.53. The quantitative estimate of drug-likeness (QED) is 0.686. The van der Waals surface area contributed by atoms with E-state index in [2.05, 4.69) is 0 Å². The number of likely N-dealkylation sites (N-methyl/N-ethyl adjacent to an activating group) is 1. The van der Waals surface area contributed by atoms with E-state index in [4.69, 9.17) is 9.15 Å². The Morgan fingerprint density at radius 2 is 2.13 bits per heavy atom. The average Bonchev–Trinajstić information content (AvgIpc) is 3.15. The lowest BCUT2D eigenvalue weighted by Crippen LogP contribution is -2.31. The molecule has 1 aromatic carbocycles. The van der Waals surface area contributed by atoms with Crippen LogP contribution in [0.2, 0.25) is 0 Å². The summed E-state index contributed by atoms with van der Waals surface area (Å²) < 4.78 is 11.3. The van der Waals surface area contributed by atoms with Gasteiger partial charge in [-0.3, -0.25) is 4.90 Å². The van der Waals surface area contributed by atoms with Crippen molar-refractivity contribution in [2.24, 2.45) is 0 Å². The fraction of sp³-hybridized carbons (Fsp3) is 0.333. The van der Waals surface area contributed by atoms with Gasteiger partial charge in [0.25, 0.3) is 0 Å². The highest BCUT2D eigenvalue weighted by molar-refractivity contribution is 7.09. The van der Waals surface area contributed by atoms with Gasteiger partial charge in [-0.15, -0.1) is 11.3 Å². The van der Waals surface area contributed by atoms with Gasteiger partial charge in [-0.1, -0.05) is 24.3 Å². The molecule has 2 heterocycles. The molecule has 0 amide bonds. The third-order valence-electron chi connectivity index (χ3n) is 3.56. The molecule has 0 saturated heterocycles. The van der Waals surface area contributed by atoms with Crippen molar-refractivity contribution in [3.8, 4) is 0 Å². The largest absolute Gasteiger partial charge is 0.460 e. The number of benzene rings is 1. The molecule has 1 atom stereocenters. The molecular weight excluding hydrogens is 310 g/mol. The van der Waals surface area contributed by atoms with Gasteiger partial charge in [0.05, 0.1) is 25.9 Å². The van der Waals surface area contributed by atoms with E-state index in [1.807, 2.05) is 59.8 Å². The number of hydrogen-bond acceptors (Lipinski definition) is 5. The maximum Gasteiger partial charge on any atom is 0.134 e. The van der Waals surface area contributed by atoms with E-state index in [0.717, 1.165) is 16.7 Å². The lowest BCUT2D eigenvalue weighted by atomic mass is 10.2. The monoisotopic (exact) mass is 331 g/mol. The summed E-state index contributed by atoms with van der Waals surface area (Å²) in [6.07, 6.45) is -0.510. The van der Waals surface area contributed by atoms with Crippen LogP contribution < -0.4 is 0 Å². The zero-order valence-corrected chi connectivity index (χ0v) is 14.0. The summed E-state index contributed by atoms with van der Waals surface area (Å²) in [7, 11) is 1.97. The summed E-state index contributed by atoms with van der Waals surface area (Å²) in [6, 6.07) is 14.0. The number of para-hydroxylation sites is 1. The molecule has 0 bridgehead atoms. The van der Waals surface area contributed by atoms with Crippen molar-refractivity contribution in [3.63, 3.8) is 0 Å². The van der Waals surface area contributed by atoms with E-state index in [-0.39, 0.29) is 0 Å². The Balaban J connectivity index is 1.43. The van der Waals surface area contributed by atoms with E-state index in [1.54, 1.807) is 11.3 Å². The number of hydrogen-bond donors (Lipinski definition) is 1. The van der Waals surface area contributed by atoms with Crippen molar-refractivity contribution in [2.75, 3.05) is 20.2 Å². The molecule has 0 saturated carbocycles. The van der Waals surface area contributed by atoms with E-state index in [9.17, 15) is 5.11 Å². The van der Waals surface area contributed by atoms with Crippen molar-refractivity contribution in [1.29, 1.82) is 0 Å². The van der Waals surface area contributed by atoms with Gasteiger partial charge in [0.2, 0.25) is 0 Å². The van der Waals surface area contributed by atoms with Gasteiger partial charge < -0.3 is 14.3 Å². The van der Waals surface area contributed by atoms with Crippen LogP contribution >= 0.6 is 11.3 Å². The molecule has 2 aromatic heterocycles. The minimum Gasteiger partial charge on any atom is -0.460 e. The van der Waals surface area contributed by atoms with Crippen LogP contribution in [0.25, 0.3) is 11.0 Å². The highest BCUT2D eigenvalue weighted by Gasteiger charge is 2.11. The molecule has 0 aliphatic rings. The van der Waals surface area contributed by atoms with Crippen LogP contribution in [0.5, 0.6) is 0 Å². The molecule has 0 radical (unpaired) electrons. The molecule has 1 N–H and O–H groups in total. The van der Waals surface area contributed by atoms with E-state index >= 15 is 0 Å². The number of rotatable bonds is 8. The average molecular weight is 331 g/mol. The second-order valence-corrected chi connectivity index (χ2v) is 6.73. The van der Waals surface area contributed by atoms with Gasteiger partial charge >= 0.3 is 0 Å². The summed E-state index contributed by atoms with van der Waals surface area (Å²) in [4.78, 5) is 3.21. The maximum atomic E-state index is 10.1. The van der Waals surface area contributed by atoms with Gasteiger partial charge in [0.1, 0.15) is 11.3 Å². The van der Waals surface area contributed by atoms with Crippen LogP contribution in [0.3, 0.4) is 0 Å². The molecular formula is C18H21NO3S. The first-order chi connectivity index (χ1) is 11.2. The zero-order valence-electron chi connectivity index (χ0n) is 13.1. The smallest absolute Gasteiger partial charge is 0.134 e. The molecule has 3 rings (SSSR count). The van der Waals surface area contributed by atoms with Crippen LogP contribution in [-0.2, 0) is 17.9 Å². The molecule has 5 heteroatoms. The molecule has 23 heavy (non-hydrogen) atoms. The van der Waals surface area contributed by atoms with Crippen LogP contribution in [0.4, 0.5) is 0 Å². The Morgan fingerprint density at radius 1 is 1.26 bits per heavy atom. The zero-order chi connectivity index (χ0) is 16.1. The third-order valence-corrected chi connectivity index (χ3v) is 4.41. The summed E-state index contributed by atoms with van der Waals surface area (Å²) in [5.74, 6) is 0.903. The Bertz CT molecular complexity index is 690. The predicted octanol–water partition coefficient (Wildman–Crippen LogP) is 3.50. The normalized spacial score (nSPS) is 13.0. The third kappa shape index (κ3) is 4.65. The minimum absolute atomic E-state index is 0.336. The fourth-order valence-corrected chi connectivity index (χ4v) is 3.19. The van der Waals surface area contributed by atoms with Gasteiger partial charge in [-0.05, 0) is 30.6 Å². The summed E-state index contributed by atoms with van der Waals surface area (Å²) in [6.45, 7) is 2.10. The van der Waals surface area contributed by atoms with Gasteiger partial charge in [0.15, 0.2) is 0 Å². The minimum atomic E-state index is -0.510. The predicted molar refractivity (Wildman–Crippen MR) is 92.5 cm³/mol. The number of ether oxygens (including phenoxy) is 1. The van der Waals surface area contributed by atoms with Crippen molar-refractivity contribution >= 4 is 22.3 Å². The number of aliphatic hydroxyl groups is 1. The summed E-state index contributed by atoms with van der Waals surface area (Å²) in [5.41, 5.74) is 0.899. The van der Waals surface area contributed by atoms with Crippen LogP contribution in [0.1, 0.15) is 10.6 Å². The summed E-state index contributed by atoms with van der Waals surface area (Å²) in [5, 5.41) is 13.2. The number of nitrogens with zero attached hydrogens (tertiary/aromatic N) is 1. The van der Waals surface area contributed by atoms with Gasteiger partial charge in [0, 0.05) is 16.8 Å². The molecule has 0 fully saturated rings. The van der Waals surface area contributed by atoms with E-state index in [0.29, 0.717) is 26.3 Å². The lowest BCUT2D eigenvalue weighted by Gasteiger charge is -2.19. The van der Waals surface area contributed by atoms with E-state index < -0.39 is 6.10 Å². The maximum absolute atomic E-state index is 10.1. The summed E-state index contributed by atoms with van der Waals surface area (Å²) >= 11 is 1.66. The highest BCUT2D eigenvalue weighted by Crippen LogP contribution is 2.19. The van der Waals surface area contributed by atoms with Crippen molar-refractivity contribution in [3.05, 3.63) is 58.5 Å². The second kappa shape index (κ2) is 7.75. The highest BCUT2D eigenvalue weighted by atomic mass is 32.1. The molecule has 122 valence electrons. The number of thiophene rings is 1. The topological polar surface area (TPSA) is 45.8 Å². The van der Waals surface area contributed by atoms with Gasteiger partial charge in [-0.25, -0.2) is 0 Å². The van der Waals surface area contributed by atoms with E-state index in [1.165, 1.54) is 4.88 Å². The first-order valence-electron chi connectivity index (χ1n) is 7.65.